The molecule has 2 aromatic heterocycles. The third-order valence-electron chi connectivity index (χ3n) is 5.98. The van der Waals surface area contributed by atoms with Gasteiger partial charge in [-0.15, -0.1) is 0 Å². The van der Waals surface area contributed by atoms with Crippen LogP contribution in [0.25, 0.3) is 0 Å². The summed E-state index contributed by atoms with van der Waals surface area (Å²) in [5, 5.41) is 0. The lowest BCUT2D eigenvalue weighted by molar-refractivity contribution is 0.293. The first kappa shape index (κ1) is 21.1. The molecule has 1 saturated heterocycles. The van der Waals surface area contributed by atoms with Crippen LogP contribution in [0, 0.1) is 6.92 Å². The molecule has 4 heterocycles. The Morgan fingerprint density at radius 3 is 2.73 bits per heavy atom. The van der Waals surface area contributed by atoms with Crippen molar-refractivity contribution < 1.29 is 8.42 Å². The molecule has 0 aliphatic carbocycles. The second kappa shape index (κ2) is 8.56. The van der Waals surface area contributed by atoms with Crippen LogP contribution < -0.4 is 4.90 Å². The van der Waals surface area contributed by atoms with Crippen molar-refractivity contribution in [1.82, 2.24) is 23.6 Å². The molecule has 4 rings (SSSR count). The summed E-state index contributed by atoms with van der Waals surface area (Å²) in [5.41, 5.74) is 3.23. The van der Waals surface area contributed by atoms with Crippen LogP contribution in [0.5, 0.6) is 0 Å². The molecule has 2 aliphatic heterocycles. The molecule has 2 aromatic rings. The molecule has 0 amide bonds. The molecule has 2 aliphatic rings. The number of anilines is 1. The SMILES string of the molecule is Cc1nc([C@@H]2CCCN(S(=O)(=O)N(C)C)C2)nc2c1CCCN2Cc1ccccn1. The standard InChI is InChI=1S/C21H30N6O2S/c1-16-19-10-7-12-26(15-18-9-4-5-11-22-18)21(19)24-20(23-16)17-8-6-13-27(14-17)30(28,29)25(2)3/h4-5,9,11,17H,6-8,10,12-15H2,1-3H3/t17-/m1/s1. The van der Waals surface area contributed by atoms with Crippen molar-refractivity contribution in [3.8, 4) is 0 Å². The van der Waals surface area contributed by atoms with E-state index < -0.39 is 10.2 Å². The maximum absolute atomic E-state index is 12.6. The number of hydrogen-bond donors (Lipinski definition) is 0. The number of aromatic nitrogens is 3. The molecule has 162 valence electrons. The van der Waals surface area contributed by atoms with Crippen molar-refractivity contribution in [3.63, 3.8) is 0 Å². The highest BCUT2D eigenvalue weighted by Gasteiger charge is 2.33. The third-order valence-corrected chi connectivity index (χ3v) is 7.89. The first-order valence-corrected chi connectivity index (χ1v) is 12.0. The van der Waals surface area contributed by atoms with Gasteiger partial charge < -0.3 is 4.90 Å². The van der Waals surface area contributed by atoms with Gasteiger partial charge in [-0.05, 0) is 44.7 Å². The van der Waals surface area contributed by atoms with E-state index in [0.717, 1.165) is 61.8 Å². The predicted molar refractivity (Wildman–Crippen MR) is 117 cm³/mol. The normalized spacial score (nSPS) is 20.4. The second-order valence-corrected chi connectivity index (χ2v) is 10.4. The molecule has 0 N–H and O–H groups in total. The Hall–Kier alpha value is -2.10. The Bertz CT molecular complexity index is 996. The van der Waals surface area contributed by atoms with E-state index in [1.54, 1.807) is 18.4 Å². The van der Waals surface area contributed by atoms with Crippen molar-refractivity contribution in [2.75, 3.05) is 38.6 Å². The molecule has 30 heavy (non-hydrogen) atoms. The maximum atomic E-state index is 12.6. The summed E-state index contributed by atoms with van der Waals surface area (Å²) in [6.07, 6.45) is 5.58. The molecular weight excluding hydrogens is 400 g/mol. The second-order valence-electron chi connectivity index (χ2n) is 8.30. The minimum Gasteiger partial charge on any atom is -0.350 e. The summed E-state index contributed by atoms with van der Waals surface area (Å²) in [4.78, 5) is 16.6. The van der Waals surface area contributed by atoms with E-state index in [-0.39, 0.29) is 5.92 Å². The Morgan fingerprint density at radius 1 is 1.17 bits per heavy atom. The van der Waals surface area contributed by atoms with E-state index in [1.807, 2.05) is 31.3 Å². The van der Waals surface area contributed by atoms with Gasteiger partial charge >= 0.3 is 0 Å². The molecule has 0 unspecified atom stereocenters. The summed E-state index contributed by atoms with van der Waals surface area (Å²) in [6.45, 7) is 4.68. The first-order chi connectivity index (χ1) is 14.4. The van der Waals surface area contributed by atoms with Crippen LogP contribution in [-0.4, -0.2) is 65.7 Å². The minimum atomic E-state index is -3.43. The van der Waals surface area contributed by atoms with Crippen LogP contribution in [0.15, 0.2) is 24.4 Å². The smallest absolute Gasteiger partial charge is 0.281 e. The number of piperidine rings is 1. The highest BCUT2D eigenvalue weighted by Crippen LogP contribution is 2.33. The van der Waals surface area contributed by atoms with E-state index in [9.17, 15) is 8.42 Å². The van der Waals surface area contributed by atoms with Crippen molar-refractivity contribution in [3.05, 3.63) is 47.2 Å². The number of nitrogens with zero attached hydrogens (tertiary/aromatic N) is 6. The molecule has 9 heteroatoms. The molecule has 0 spiro atoms. The van der Waals surface area contributed by atoms with Crippen molar-refractivity contribution >= 4 is 16.0 Å². The van der Waals surface area contributed by atoms with Gasteiger partial charge in [0, 0.05) is 57.1 Å². The third kappa shape index (κ3) is 4.19. The summed E-state index contributed by atoms with van der Waals surface area (Å²) in [6, 6.07) is 5.97. The molecule has 0 saturated carbocycles. The lowest BCUT2D eigenvalue weighted by atomic mass is 9.97. The summed E-state index contributed by atoms with van der Waals surface area (Å²) >= 11 is 0. The van der Waals surface area contributed by atoms with Gasteiger partial charge in [-0.25, -0.2) is 9.97 Å². The average Bonchev–Trinajstić information content (AvgIpc) is 2.75. The Balaban J connectivity index is 1.62. The van der Waals surface area contributed by atoms with Gasteiger partial charge in [0.2, 0.25) is 0 Å². The van der Waals surface area contributed by atoms with Gasteiger partial charge in [0.15, 0.2) is 0 Å². The molecule has 0 bridgehead atoms. The lowest BCUT2D eigenvalue weighted by Crippen LogP contribution is -2.45. The first-order valence-electron chi connectivity index (χ1n) is 10.6. The number of aryl methyl sites for hydroxylation is 1. The fraction of sp³-hybridized carbons (Fsp3) is 0.571. The van der Waals surface area contributed by atoms with Gasteiger partial charge in [0.1, 0.15) is 11.6 Å². The quantitative estimate of drug-likeness (QED) is 0.723. The van der Waals surface area contributed by atoms with Gasteiger partial charge in [0.05, 0.1) is 12.2 Å². The number of rotatable bonds is 5. The molecule has 1 fully saturated rings. The molecule has 8 nitrogen and oxygen atoms in total. The number of pyridine rings is 1. The topological polar surface area (TPSA) is 82.5 Å². The Kier molecular flexibility index (Phi) is 6.04. The fourth-order valence-electron chi connectivity index (χ4n) is 4.33. The van der Waals surface area contributed by atoms with Crippen LogP contribution in [0.4, 0.5) is 5.82 Å². The Labute approximate surface area is 179 Å². The molecular formula is C21H30N6O2S. The Morgan fingerprint density at radius 2 is 2.00 bits per heavy atom. The van der Waals surface area contributed by atoms with Crippen LogP contribution in [0.3, 0.4) is 0 Å². The van der Waals surface area contributed by atoms with Crippen LogP contribution in [0.2, 0.25) is 0 Å². The molecule has 0 radical (unpaired) electrons. The zero-order valence-electron chi connectivity index (χ0n) is 18.0. The van der Waals surface area contributed by atoms with Crippen molar-refractivity contribution in [2.45, 2.75) is 45.1 Å². The fourth-order valence-corrected chi connectivity index (χ4v) is 5.52. The number of hydrogen-bond acceptors (Lipinski definition) is 6. The zero-order chi connectivity index (χ0) is 21.3. The zero-order valence-corrected chi connectivity index (χ0v) is 18.8. The van der Waals surface area contributed by atoms with Gasteiger partial charge in [-0.1, -0.05) is 6.07 Å². The average molecular weight is 431 g/mol. The van der Waals surface area contributed by atoms with Crippen molar-refractivity contribution in [1.29, 1.82) is 0 Å². The van der Waals surface area contributed by atoms with Gasteiger partial charge in [-0.2, -0.15) is 17.0 Å². The summed E-state index contributed by atoms with van der Waals surface area (Å²) < 4.78 is 28.1. The van der Waals surface area contributed by atoms with Crippen LogP contribution in [0.1, 0.15) is 48.0 Å². The largest absolute Gasteiger partial charge is 0.350 e. The lowest BCUT2D eigenvalue weighted by Gasteiger charge is -2.34. The van der Waals surface area contributed by atoms with Crippen LogP contribution >= 0.6 is 0 Å². The molecule has 0 aromatic carbocycles. The van der Waals surface area contributed by atoms with E-state index in [2.05, 4.69) is 9.88 Å². The summed E-state index contributed by atoms with van der Waals surface area (Å²) in [7, 11) is -0.273. The number of fused-ring (bicyclic) bond motifs is 1. The highest BCUT2D eigenvalue weighted by molar-refractivity contribution is 7.86. The van der Waals surface area contributed by atoms with E-state index in [0.29, 0.717) is 13.1 Å². The monoisotopic (exact) mass is 430 g/mol. The van der Waals surface area contributed by atoms with E-state index in [1.165, 1.54) is 9.87 Å². The predicted octanol–water partition coefficient (Wildman–Crippen LogP) is 2.12. The summed E-state index contributed by atoms with van der Waals surface area (Å²) in [5.74, 6) is 1.76. The maximum Gasteiger partial charge on any atom is 0.281 e. The van der Waals surface area contributed by atoms with E-state index >= 15 is 0 Å². The highest BCUT2D eigenvalue weighted by atomic mass is 32.2. The van der Waals surface area contributed by atoms with Crippen LogP contribution in [-0.2, 0) is 23.2 Å². The molecule has 1 atom stereocenters. The van der Waals surface area contributed by atoms with E-state index in [4.69, 9.17) is 9.97 Å². The van der Waals surface area contributed by atoms with Gasteiger partial charge in [0.25, 0.3) is 10.2 Å². The minimum absolute atomic E-state index is 0.0103. The van der Waals surface area contributed by atoms with Crippen molar-refractivity contribution in [2.24, 2.45) is 0 Å². The van der Waals surface area contributed by atoms with Gasteiger partial charge in [-0.3, -0.25) is 4.98 Å².